The van der Waals surface area contributed by atoms with Gasteiger partial charge in [0.25, 0.3) is 5.91 Å². The summed E-state index contributed by atoms with van der Waals surface area (Å²) in [6.45, 7) is 3.97. The Morgan fingerprint density at radius 2 is 1.93 bits per heavy atom. The third kappa shape index (κ3) is 3.39. The number of likely N-dealkylation sites (tertiary alicyclic amines) is 1. The molecule has 1 saturated heterocycles. The van der Waals surface area contributed by atoms with E-state index in [9.17, 15) is 4.79 Å². The van der Waals surface area contributed by atoms with Crippen LogP contribution in [0.3, 0.4) is 0 Å². The lowest BCUT2D eigenvalue weighted by atomic mass is 9.97. The van der Waals surface area contributed by atoms with Gasteiger partial charge in [0.1, 0.15) is 5.25 Å². The Hall–Kier alpha value is -2.06. The van der Waals surface area contributed by atoms with Crippen molar-refractivity contribution in [3.05, 3.63) is 29.6 Å². The first-order chi connectivity index (χ1) is 13.7. The summed E-state index contributed by atoms with van der Waals surface area (Å²) in [6.07, 6.45) is 4.27. The molecular formula is C20H26N4O3S. The van der Waals surface area contributed by atoms with Crippen molar-refractivity contribution >= 4 is 17.7 Å². The van der Waals surface area contributed by atoms with Gasteiger partial charge >= 0.3 is 0 Å². The van der Waals surface area contributed by atoms with Gasteiger partial charge in [-0.25, -0.2) is 4.98 Å². The summed E-state index contributed by atoms with van der Waals surface area (Å²) in [6, 6.07) is 5.91. The molecule has 2 aromatic rings. The van der Waals surface area contributed by atoms with Crippen molar-refractivity contribution in [3.63, 3.8) is 0 Å². The fourth-order valence-corrected chi connectivity index (χ4v) is 5.28. The van der Waals surface area contributed by atoms with Gasteiger partial charge in [-0.1, -0.05) is 31.2 Å². The summed E-state index contributed by atoms with van der Waals surface area (Å²) in [7, 11) is 3.27. The maximum atomic E-state index is 13.2. The quantitative estimate of drug-likeness (QED) is 0.735. The van der Waals surface area contributed by atoms with Crippen LogP contribution in [0.4, 0.5) is 0 Å². The van der Waals surface area contributed by atoms with E-state index in [0.717, 1.165) is 43.7 Å². The van der Waals surface area contributed by atoms with E-state index in [1.54, 1.807) is 14.2 Å². The van der Waals surface area contributed by atoms with Crippen molar-refractivity contribution in [2.75, 3.05) is 27.3 Å². The van der Waals surface area contributed by atoms with Gasteiger partial charge in [0, 0.05) is 6.42 Å². The van der Waals surface area contributed by atoms with Crippen LogP contribution in [0.2, 0.25) is 0 Å². The van der Waals surface area contributed by atoms with E-state index in [-0.39, 0.29) is 17.2 Å². The second-order valence-corrected chi connectivity index (χ2v) is 8.22. The molecule has 4 rings (SSSR count). The molecule has 0 bridgehead atoms. The van der Waals surface area contributed by atoms with Crippen LogP contribution in [0.15, 0.2) is 23.4 Å². The van der Waals surface area contributed by atoms with Gasteiger partial charge in [0.05, 0.1) is 20.3 Å². The molecule has 7 nitrogen and oxygen atoms in total. The number of benzene rings is 1. The maximum Gasteiger partial charge on any atom is 0.264 e. The predicted molar refractivity (Wildman–Crippen MR) is 107 cm³/mol. The minimum atomic E-state index is -0.267. The molecule has 3 heterocycles. The molecule has 0 amide bonds. The van der Waals surface area contributed by atoms with Crippen LogP contribution in [0.5, 0.6) is 11.5 Å². The van der Waals surface area contributed by atoms with E-state index >= 15 is 0 Å². The zero-order valence-electron chi connectivity index (χ0n) is 16.6. The Bertz CT molecular complexity index is 863. The van der Waals surface area contributed by atoms with Crippen LogP contribution in [0, 0.1) is 0 Å². The Balaban J connectivity index is 1.70. The number of hydrogen-bond acceptors (Lipinski definition) is 7. The molecule has 0 aliphatic carbocycles. The second-order valence-electron chi connectivity index (χ2n) is 7.11. The number of carbonyl (C=O) groups excluding carboxylic acids is 1. The Kier molecular flexibility index (Phi) is 5.59. The summed E-state index contributed by atoms with van der Waals surface area (Å²) in [4.78, 5) is 20.2. The Morgan fingerprint density at radius 1 is 1.18 bits per heavy atom. The zero-order valence-corrected chi connectivity index (χ0v) is 17.4. The Morgan fingerprint density at radius 3 is 2.57 bits per heavy atom. The highest BCUT2D eigenvalue weighted by Gasteiger charge is 2.43. The lowest BCUT2D eigenvalue weighted by Crippen LogP contribution is -2.41. The molecule has 2 atom stereocenters. The summed E-state index contributed by atoms with van der Waals surface area (Å²) >= 11 is 1.53. The van der Waals surface area contributed by atoms with E-state index in [1.165, 1.54) is 22.9 Å². The molecule has 0 spiro atoms. The number of methoxy groups -OCH3 is 2. The SMILES string of the molecule is CCc1nc2n(n1)C(=O)C(C(c1ccc(OC)c(OC)c1)N1CCCCC1)S2. The lowest BCUT2D eigenvalue weighted by Gasteiger charge is -2.37. The highest BCUT2D eigenvalue weighted by molar-refractivity contribution is 8.00. The van der Waals surface area contributed by atoms with E-state index in [4.69, 9.17) is 9.47 Å². The third-order valence-corrected chi connectivity index (χ3v) is 6.63. The van der Waals surface area contributed by atoms with Crippen molar-refractivity contribution in [2.45, 2.75) is 49.1 Å². The lowest BCUT2D eigenvalue weighted by molar-refractivity contribution is 0.0818. The second kappa shape index (κ2) is 8.13. The zero-order chi connectivity index (χ0) is 19.7. The van der Waals surface area contributed by atoms with Crippen LogP contribution in [0.1, 0.15) is 48.4 Å². The predicted octanol–water partition coefficient (Wildman–Crippen LogP) is 3.20. The number of rotatable bonds is 6. The fraction of sp³-hybridized carbons (Fsp3) is 0.550. The topological polar surface area (TPSA) is 69.5 Å². The van der Waals surface area contributed by atoms with Crippen molar-refractivity contribution in [1.29, 1.82) is 0 Å². The van der Waals surface area contributed by atoms with Crippen LogP contribution >= 0.6 is 11.8 Å². The minimum absolute atomic E-state index is 0.0116. The minimum Gasteiger partial charge on any atom is -0.493 e. The van der Waals surface area contributed by atoms with Crippen molar-refractivity contribution in [1.82, 2.24) is 19.7 Å². The number of aryl methyl sites for hydroxylation is 1. The molecule has 2 unspecified atom stereocenters. The fourth-order valence-electron chi connectivity index (χ4n) is 4.00. The van der Waals surface area contributed by atoms with E-state index < -0.39 is 0 Å². The van der Waals surface area contributed by atoms with E-state index in [1.807, 2.05) is 25.1 Å². The van der Waals surface area contributed by atoms with Gasteiger partial charge in [-0.3, -0.25) is 9.69 Å². The summed E-state index contributed by atoms with van der Waals surface area (Å²) in [5.41, 5.74) is 1.06. The first kappa shape index (κ1) is 19.3. The van der Waals surface area contributed by atoms with Crippen molar-refractivity contribution in [2.24, 2.45) is 0 Å². The van der Waals surface area contributed by atoms with Crippen LogP contribution in [-0.4, -0.2) is 58.1 Å². The monoisotopic (exact) mass is 402 g/mol. The number of ether oxygens (including phenoxy) is 2. The average Bonchev–Trinajstić information content (AvgIpc) is 3.28. The van der Waals surface area contributed by atoms with E-state index in [2.05, 4.69) is 15.0 Å². The molecular weight excluding hydrogens is 376 g/mol. The Labute approximate surface area is 169 Å². The van der Waals surface area contributed by atoms with Crippen LogP contribution < -0.4 is 9.47 Å². The molecule has 0 saturated carbocycles. The number of piperidine rings is 1. The molecule has 2 aliphatic heterocycles. The molecule has 2 aliphatic rings. The highest BCUT2D eigenvalue weighted by atomic mass is 32.2. The molecule has 1 fully saturated rings. The van der Waals surface area contributed by atoms with Gasteiger partial charge in [0.15, 0.2) is 22.5 Å². The number of fused-ring (bicyclic) bond motifs is 1. The van der Waals surface area contributed by atoms with Gasteiger partial charge < -0.3 is 9.47 Å². The molecule has 28 heavy (non-hydrogen) atoms. The standard InChI is InChI=1S/C20H26N4O3S/c1-4-16-21-20-24(22-16)19(25)18(28-20)17(23-10-6-5-7-11-23)13-8-9-14(26-2)15(12-13)27-3/h8-9,12,17-18H,4-7,10-11H2,1-3H3. The summed E-state index contributed by atoms with van der Waals surface area (Å²) < 4.78 is 12.4. The number of nitrogens with zero attached hydrogens (tertiary/aromatic N) is 4. The number of hydrogen-bond donors (Lipinski definition) is 0. The third-order valence-electron chi connectivity index (χ3n) is 5.44. The molecule has 8 heteroatoms. The highest BCUT2D eigenvalue weighted by Crippen LogP contribution is 2.43. The first-order valence-electron chi connectivity index (χ1n) is 9.79. The molecule has 1 aromatic carbocycles. The number of thioether (sulfide) groups is 1. The van der Waals surface area contributed by atoms with Gasteiger partial charge in [-0.15, -0.1) is 5.10 Å². The van der Waals surface area contributed by atoms with Gasteiger partial charge in [-0.05, 0) is 43.6 Å². The van der Waals surface area contributed by atoms with Crippen molar-refractivity contribution in [3.8, 4) is 11.5 Å². The largest absolute Gasteiger partial charge is 0.493 e. The summed E-state index contributed by atoms with van der Waals surface area (Å²) in [5.74, 6) is 2.10. The first-order valence-corrected chi connectivity index (χ1v) is 10.7. The smallest absolute Gasteiger partial charge is 0.264 e. The maximum absolute atomic E-state index is 13.2. The van der Waals surface area contributed by atoms with Crippen molar-refractivity contribution < 1.29 is 14.3 Å². The van der Waals surface area contributed by atoms with Crippen LogP contribution in [0.25, 0.3) is 0 Å². The molecule has 0 N–H and O–H groups in total. The molecule has 150 valence electrons. The summed E-state index contributed by atoms with van der Waals surface area (Å²) in [5, 5.41) is 4.83. The van der Waals surface area contributed by atoms with Gasteiger partial charge in [-0.2, -0.15) is 4.68 Å². The normalized spacial score (nSPS) is 20.8. The number of carbonyl (C=O) groups is 1. The molecule has 1 aromatic heterocycles. The average molecular weight is 403 g/mol. The number of aromatic nitrogens is 3. The molecule has 0 radical (unpaired) electrons. The van der Waals surface area contributed by atoms with E-state index in [0.29, 0.717) is 16.7 Å². The van der Waals surface area contributed by atoms with Gasteiger partial charge in [0.2, 0.25) is 0 Å². The van der Waals surface area contributed by atoms with Crippen LogP contribution in [-0.2, 0) is 6.42 Å².